The number of ether oxygens (including phenoxy) is 2. The van der Waals surface area contributed by atoms with E-state index in [1.807, 2.05) is 18.2 Å². The third-order valence-corrected chi connectivity index (χ3v) is 4.41. The van der Waals surface area contributed by atoms with E-state index < -0.39 is 0 Å². The van der Waals surface area contributed by atoms with E-state index in [0.717, 1.165) is 49.7 Å². The van der Waals surface area contributed by atoms with Crippen LogP contribution in [0.1, 0.15) is 24.5 Å². The van der Waals surface area contributed by atoms with E-state index in [-0.39, 0.29) is 6.10 Å². The van der Waals surface area contributed by atoms with Crippen LogP contribution < -0.4 is 20.1 Å². The molecule has 1 heterocycles. The highest BCUT2D eigenvalue weighted by Gasteiger charge is 2.17. The van der Waals surface area contributed by atoms with Gasteiger partial charge in [-0.05, 0) is 43.1 Å². The van der Waals surface area contributed by atoms with Crippen LogP contribution in [0, 0.1) is 0 Å². The van der Waals surface area contributed by atoms with Crippen molar-refractivity contribution in [3.63, 3.8) is 0 Å². The number of nitrogens with one attached hydrogen (secondary N) is 2. The molecule has 24 heavy (non-hydrogen) atoms. The highest BCUT2D eigenvalue weighted by Crippen LogP contribution is 2.30. The van der Waals surface area contributed by atoms with Gasteiger partial charge in [-0.1, -0.05) is 31.2 Å². The van der Waals surface area contributed by atoms with E-state index >= 15 is 0 Å². The van der Waals surface area contributed by atoms with Crippen molar-refractivity contribution in [2.45, 2.75) is 32.4 Å². The predicted molar refractivity (Wildman–Crippen MR) is 98.0 cm³/mol. The van der Waals surface area contributed by atoms with Crippen LogP contribution in [0.3, 0.4) is 0 Å². The highest BCUT2D eigenvalue weighted by molar-refractivity contribution is 5.59. The van der Waals surface area contributed by atoms with Crippen LogP contribution in [0.5, 0.6) is 11.5 Å². The second-order valence-corrected chi connectivity index (χ2v) is 6.10. The summed E-state index contributed by atoms with van der Waals surface area (Å²) in [6, 6.07) is 14.6. The first-order chi connectivity index (χ1) is 11.8. The molecular formula is C20H26N2O2. The molecule has 0 bridgehead atoms. The van der Waals surface area contributed by atoms with Gasteiger partial charge in [0, 0.05) is 12.1 Å². The van der Waals surface area contributed by atoms with Gasteiger partial charge in [-0.25, -0.2) is 0 Å². The van der Waals surface area contributed by atoms with E-state index in [1.165, 1.54) is 11.1 Å². The molecule has 4 heteroatoms. The Morgan fingerprint density at radius 3 is 2.96 bits per heavy atom. The zero-order valence-corrected chi connectivity index (χ0v) is 14.5. The van der Waals surface area contributed by atoms with Crippen LogP contribution in [-0.2, 0) is 13.0 Å². The molecule has 128 valence electrons. The van der Waals surface area contributed by atoms with Crippen molar-refractivity contribution in [3.05, 3.63) is 53.6 Å². The Hall–Kier alpha value is -2.20. The zero-order chi connectivity index (χ0) is 16.8. The maximum Gasteiger partial charge on any atom is 0.142 e. The molecule has 0 saturated carbocycles. The lowest BCUT2D eigenvalue weighted by atomic mass is 10.1. The fourth-order valence-corrected chi connectivity index (χ4v) is 2.95. The Morgan fingerprint density at radius 1 is 1.25 bits per heavy atom. The molecule has 0 fully saturated rings. The molecule has 0 aliphatic carbocycles. The molecule has 1 atom stereocenters. The lowest BCUT2D eigenvalue weighted by molar-refractivity contribution is 0.202. The highest BCUT2D eigenvalue weighted by atomic mass is 16.5. The molecule has 0 spiro atoms. The molecule has 2 N–H and O–H groups in total. The summed E-state index contributed by atoms with van der Waals surface area (Å²) in [6.45, 7) is 4.78. The number of hydrogen-bond donors (Lipinski definition) is 2. The quantitative estimate of drug-likeness (QED) is 0.763. The summed E-state index contributed by atoms with van der Waals surface area (Å²) in [5.41, 5.74) is 3.61. The summed E-state index contributed by atoms with van der Waals surface area (Å²) in [6.07, 6.45) is 2.30. The summed E-state index contributed by atoms with van der Waals surface area (Å²) in [7, 11) is 1.71. The average molecular weight is 326 g/mol. The molecule has 0 radical (unpaired) electrons. The van der Waals surface area contributed by atoms with Gasteiger partial charge >= 0.3 is 0 Å². The molecule has 3 rings (SSSR count). The Kier molecular flexibility index (Phi) is 5.59. The number of fused-ring (bicyclic) bond motifs is 1. The third kappa shape index (κ3) is 4.01. The largest absolute Gasteiger partial charge is 0.496 e. The van der Waals surface area contributed by atoms with Crippen LogP contribution in [0.15, 0.2) is 42.5 Å². The lowest BCUT2D eigenvalue weighted by Crippen LogP contribution is -2.30. The molecule has 0 aromatic heterocycles. The van der Waals surface area contributed by atoms with Gasteiger partial charge in [0.25, 0.3) is 0 Å². The fraction of sp³-hybridized carbons (Fsp3) is 0.400. The van der Waals surface area contributed by atoms with E-state index in [4.69, 9.17) is 9.47 Å². The van der Waals surface area contributed by atoms with Crippen LogP contribution in [0.4, 0.5) is 5.69 Å². The average Bonchev–Trinajstić information content (AvgIpc) is 2.65. The molecule has 1 aliphatic rings. The molecule has 0 saturated heterocycles. The van der Waals surface area contributed by atoms with Gasteiger partial charge in [-0.3, -0.25) is 0 Å². The van der Waals surface area contributed by atoms with Crippen LogP contribution in [0.2, 0.25) is 0 Å². The maximum absolute atomic E-state index is 5.95. The normalized spacial score (nSPS) is 16.0. The smallest absolute Gasteiger partial charge is 0.142 e. The van der Waals surface area contributed by atoms with Gasteiger partial charge in [0.1, 0.15) is 17.6 Å². The number of methoxy groups -OCH3 is 1. The Morgan fingerprint density at radius 2 is 2.12 bits per heavy atom. The van der Waals surface area contributed by atoms with Crippen LogP contribution in [-0.4, -0.2) is 26.3 Å². The van der Waals surface area contributed by atoms with Gasteiger partial charge in [-0.15, -0.1) is 0 Å². The van der Waals surface area contributed by atoms with Gasteiger partial charge in [0.05, 0.1) is 19.3 Å². The van der Waals surface area contributed by atoms with Crippen molar-refractivity contribution in [2.75, 3.05) is 25.5 Å². The number of para-hydroxylation sites is 1. The molecule has 2 aromatic rings. The standard InChI is InChI=1S/C20H26N2O2/c1-3-17-14-22-18-12-15(8-9-20(18)24-17)10-11-21-13-16-6-4-5-7-19(16)23-2/h4-9,12,17,21-22H,3,10-11,13-14H2,1-2H3. The fourth-order valence-electron chi connectivity index (χ4n) is 2.95. The Labute approximate surface area is 144 Å². The zero-order valence-electron chi connectivity index (χ0n) is 14.5. The van der Waals surface area contributed by atoms with Gasteiger partial charge in [-0.2, -0.15) is 0 Å². The molecule has 1 aliphatic heterocycles. The van der Waals surface area contributed by atoms with Crippen molar-refractivity contribution in [3.8, 4) is 11.5 Å². The van der Waals surface area contributed by atoms with Crippen molar-refractivity contribution >= 4 is 5.69 Å². The van der Waals surface area contributed by atoms with E-state index in [9.17, 15) is 0 Å². The van der Waals surface area contributed by atoms with Crippen molar-refractivity contribution in [1.82, 2.24) is 5.32 Å². The van der Waals surface area contributed by atoms with Crippen LogP contribution in [0.25, 0.3) is 0 Å². The van der Waals surface area contributed by atoms with Crippen molar-refractivity contribution in [2.24, 2.45) is 0 Å². The van der Waals surface area contributed by atoms with Crippen molar-refractivity contribution in [1.29, 1.82) is 0 Å². The molecule has 1 unspecified atom stereocenters. The SMILES string of the molecule is CCC1CNc2cc(CCNCc3ccccc3OC)ccc2O1. The first kappa shape index (κ1) is 16.7. The predicted octanol–water partition coefficient (Wildman–Crippen LogP) is 3.61. The minimum atomic E-state index is 0.283. The van der Waals surface area contributed by atoms with Crippen LogP contribution >= 0.6 is 0 Å². The first-order valence-corrected chi connectivity index (χ1v) is 8.66. The summed E-state index contributed by atoms with van der Waals surface area (Å²) in [5, 5.41) is 6.96. The van der Waals surface area contributed by atoms with Crippen molar-refractivity contribution < 1.29 is 9.47 Å². The van der Waals surface area contributed by atoms with Gasteiger partial charge < -0.3 is 20.1 Å². The van der Waals surface area contributed by atoms with E-state index in [1.54, 1.807) is 7.11 Å². The van der Waals surface area contributed by atoms with E-state index in [0.29, 0.717) is 0 Å². The molecular weight excluding hydrogens is 300 g/mol. The second kappa shape index (κ2) is 8.06. The Balaban J connectivity index is 1.51. The Bertz CT molecular complexity index is 672. The summed E-state index contributed by atoms with van der Waals surface area (Å²) in [5.74, 6) is 1.91. The number of rotatable bonds is 7. The summed E-state index contributed by atoms with van der Waals surface area (Å²) < 4.78 is 11.3. The monoisotopic (exact) mass is 326 g/mol. The number of benzene rings is 2. The lowest BCUT2D eigenvalue weighted by Gasteiger charge is -2.27. The second-order valence-electron chi connectivity index (χ2n) is 6.10. The maximum atomic E-state index is 5.95. The number of hydrogen-bond acceptors (Lipinski definition) is 4. The summed E-state index contributed by atoms with van der Waals surface area (Å²) >= 11 is 0. The minimum absolute atomic E-state index is 0.283. The molecule has 4 nitrogen and oxygen atoms in total. The topological polar surface area (TPSA) is 42.5 Å². The molecule has 0 amide bonds. The third-order valence-electron chi connectivity index (χ3n) is 4.41. The van der Waals surface area contributed by atoms with Gasteiger partial charge in [0.2, 0.25) is 0 Å². The van der Waals surface area contributed by atoms with E-state index in [2.05, 4.69) is 41.8 Å². The molecule has 2 aromatic carbocycles. The number of anilines is 1. The first-order valence-electron chi connectivity index (χ1n) is 8.66. The van der Waals surface area contributed by atoms with Gasteiger partial charge in [0.15, 0.2) is 0 Å². The summed E-state index contributed by atoms with van der Waals surface area (Å²) in [4.78, 5) is 0. The minimum Gasteiger partial charge on any atom is -0.496 e.